The van der Waals surface area contributed by atoms with Crippen molar-refractivity contribution >= 4 is 34.5 Å². The van der Waals surface area contributed by atoms with Gasteiger partial charge in [-0.05, 0) is 44.6 Å². The molecule has 0 aromatic carbocycles. The second-order valence-corrected chi connectivity index (χ2v) is 7.66. The third kappa shape index (κ3) is 5.16. The van der Waals surface area contributed by atoms with Gasteiger partial charge in [-0.3, -0.25) is 9.59 Å². The number of hydrogen-bond acceptors (Lipinski definition) is 5. The van der Waals surface area contributed by atoms with E-state index in [1.807, 2.05) is 38.5 Å². The number of rotatable bonds is 7. The van der Waals surface area contributed by atoms with Gasteiger partial charge in [-0.15, -0.1) is 22.7 Å². The summed E-state index contributed by atoms with van der Waals surface area (Å²) in [7, 11) is 3.97. The monoisotopic (exact) mass is 351 g/mol. The van der Waals surface area contributed by atoms with E-state index in [9.17, 15) is 9.59 Å². The number of carbonyl (C=O) groups is 2. The van der Waals surface area contributed by atoms with Gasteiger partial charge < -0.3 is 15.5 Å². The fourth-order valence-electron chi connectivity index (χ4n) is 2.10. The number of thiophene rings is 2. The molecule has 0 radical (unpaired) electrons. The molecule has 0 bridgehead atoms. The Bertz CT molecular complexity index is 650. The SMILES string of the molecule is Cc1ccc(C(=O)NCC(=O)NCC(c2cccs2)N(C)C)s1. The zero-order valence-electron chi connectivity index (χ0n) is 13.5. The summed E-state index contributed by atoms with van der Waals surface area (Å²) < 4.78 is 0. The highest BCUT2D eigenvalue weighted by Crippen LogP contribution is 2.22. The summed E-state index contributed by atoms with van der Waals surface area (Å²) in [5.41, 5.74) is 0. The molecule has 23 heavy (non-hydrogen) atoms. The van der Waals surface area contributed by atoms with Crippen molar-refractivity contribution in [3.8, 4) is 0 Å². The van der Waals surface area contributed by atoms with Crippen molar-refractivity contribution in [3.05, 3.63) is 44.3 Å². The average molecular weight is 351 g/mol. The van der Waals surface area contributed by atoms with E-state index in [4.69, 9.17) is 0 Å². The molecule has 1 atom stereocenters. The standard InChI is InChI=1S/C16H21N3O2S2/c1-11-6-7-14(23-11)16(21)18-10-15(20)17-9-12(19(2)3)13-5-4-8-22-13/h4-8,12H,9-10H2,1-3H3,(H,17,20)(H,18,21). The van der Waals surface area contributed by atoms with Crippen molar-refractivity contribution in [2.45, 2.75) is 13.0 Å². The van der Waals surface area contributed by atoms with Crippen LogP contribution < -0.4 is 10.6 Å². The van der Waals surface area contributed by atoms with Gasteiger partial charge in [0.15, 0.2) is 0 Å². The number of aryl methyl sites for hydroxylation is 1. The lowest BCUT2D eigenvalue weighted by Crippen LogP contribution is -2.40. The highest BCUT2D eigenvalue weighted by Gasteiger charge is 2.16. The van der Waals surface area contributed by atoms with Crippen LogP contribution >= 0.6 is 22.7 Å². The maximum atomic E-state index is 11.9. The van der Waals surface area contributed by atoms with E-state index in [1.165, 1.54) is 16.2 Å². The van der Waals surface area contributed by atoms with Crippen LogP contribution in [0.4, 0.5) is 0 Å². The van der Waals surface area contributed by atoms with E-state index in [2.05, 4.69) is 21.6 Å². The molecule has 2 rings (SSSR count). The van der Waals surface area contributed by atoms with E-state index >= 15 is 0 Å². The van der Waals surface area contributed by atoms with Crippen LogP contribution in [0, 0.1) is 6.92 Å². The highest BCUT2D eigenvalue weighted by atomic mass is 32.1. The summed E-state index contributed by atoms with van der Waals surface area (Å²) in [6.07, 6.45) is 0. The Morgan fingerprint density at radius 1 is 1.22 bits per heavy atom. The smallest absolute Gasteiger partial charge is 0.261 e. The number of hydrogen-bond donors (Lipinski definition) is 2. The molecule has 0 aliphatic carbocycles. The maximum absolute atomic E-state index is 11.9. The van der Waals surface area contributed by atoms with Gasteiger partial charge in [0.2, 0.25) is 5.91 Å². The Morgan fingerprint density at radius 2 is 2.00 bits per heavy atom. The Morgan fingerprint density at radius 3 is 2.57 bits per heavy atom. The minimum atomic E-state index is -0.208. The first-order valence-electron chi connectivity index (χ1n) is 7.28. The summed E-state index contributed by atoms with van der Waals surface area (Å²) in [6.45, 7) is 2.45. The van der Waals surface area contributed by atoms with Gasteiger partial charge in [0.25, 0.3) is 5.91 Å². The summed E-state index contributed by atoms with van der Waals surface area (Å²) in [5.74, 6) is -0.393. The number of likely N-dealkylation sites (N-methyl/N-ethyl adjacent to an activating group) is 1. The lowest BCUT2D eigenvalue weighted by molar-refractivity contribution is -0.120. The first-order chi connectivity index (χ1) is 11.0. The largest absolute Gasteiger partial charge is 0.353 e. The molecular weight excluding hydrogens is 330 g/mol. The molecule has 0 saturated heterocycles. The predicted octanol–water partition coefficient (Wildman–Crippen LogP) is 2.27. The van der Waals surface area contributed by atoms with Crippen LogP contribution in [0.5, 0.6) is 0 Å². The molecule has 1 unspecified atom stereocenters. The Kier molecular flexibility index (Phi) is 6.32. The summed E-state index contributed by atoms with van der Waals surface area (Å²) >= 11 is 3.09. The van der Waals surface area contributed by atoms with Gasteiger partial charge in [-0.2, -0.15) is 0 Å². The Labute approximate surface area is 144 Å². The Hall–Kier alpha value is -1.70. The lowest BCUT2D eigenvalue weighted by atomic mass is 10.2. The van der Waals surface area contributed by atoms with Gasteiger partial charge in [0.1, 0.15) is 0 Å². The molecule has 5 nitrogen and oxygen atoms in total. The quantitative estimate of drug-likeness (QED) is 0.804. The molecule has 124 valence electrons. The molecule has 0 saturated carbocycles. The molecule has 0 fully saturated rings. The molecule has 2 amide bonds. The van der Waals surface area contributed by atoms with E-state index in [-0.39, 0.29) is 24.4 Å². The number of nitrogens with one attached hydrogen (secondary N) is 2. The number of amides is 2. The second kappa shape index (κ2) is 8.24. The van der Waals surface area contributed by atoms with Gasteiger partial charge in [-0.25, -0.2) is 0 Å². The van der Waals surface area contributed by atoms with E-state index in [1.54, 1.807) is 17.4 Å². The van der Waals surface area contributed by atoms with E-state index in [0.717, 1.165) is 4.88 Å². The van der Waals surface area contributed by atoms with Crippen LogP contribution in [0.3, 0.4) is 0 Å². The third-order valence-electron chi connectivity index (χ3n) is 3.36. The third-order valence-corrected chi connectivity index (χ3v) is 5.33. The molecule has 2 heterocycles. The van der Waals surface area contributed by atoms with Crippen molar-refractivity contribution < 1.29 is 9.59 Å². The zero-order valence-corrected chi connectivity index (χ0v) is 15.1. The minimum absolute atomic E-state index is 0.0135. The fourth-order valence-corrected chi connectivity index (χ4v) is 3.80. The van der Waals surface area contributed by atoms with Crippen molar-refractivity contribution in [1.82, 2.24) is 15.5 Å². The summed E-state index contributed by atoms with van der Waals surface area (Å²) in [6, 6.07) is 7.85. The molecule has 2 N–H and O–H groups in total. The number of nitrogens with zero attached hydrogens (tertiary/aromatic N) is 1. The zero-order chi connectivity index (χ0) is 16.8. The van der Waals surface area contributed by atoms with Crippen LogP contribution in [0.2, 0.25) is 0 Å². The van der Waals surface area contributed by atoms with Crippen LogP contribution in [0.25, 0.3) is 0 Å². The van der Waals surface area contributed by atoms with Gasteiger partial charge in [0, 0.05) is 16.3 Å². The molecule has 0 aliphatic rings. The Balaban J connectivity index is 1.79. The first-order valence-corrected chi connectivity index (χ1v) is 8.98. The summed E-state index contributed by atoms with van der Waals surface area (Å²) in [5, 5.41) is 7.55. The highest BCUT2D eigenvalue weighted by molar-refractivity contribution is 7.13. The van der Waals surface area contributed by atoms with Gasteiger partial charge in [0.05, 0.1) is 17.5 Å². The maximum Gasteiger partial charge on any atom is 0.261 e. The molecule has 2 aromatic heterocycles. The first kappa shape index (κ1) is 17.7. The lowest BCUT2D eigenvalue weighted by Gasteiger charge is -2.23. The van der Waals surface area contributed by atoms with Crippen molar-refractivity contribution in [3.63, 3.8) is 0 Å². The number of carbonyl (C=O) groups excluding carboxylic acids is 2. The summed E-state index contributed by atoms with van der Waals surface area (Å²) in [4.78, 5) is 28.8. The van der Waals surface area contributed by atoms with Crippen LogP contribution in [0.15, 0.2) is 29.6 Å². The predicted molar refractivity (Wildman–Crippen MR) is 95.1 cm³/mol. The average Bonchev–Trinajstić information content (AvgIpc) is 3.16. The molecule has 0 aliphatic heterocycles. The van der Waals surface area contributed by atoms with Crippen LogP contribution in [-0.2, 0) is 4.79 Å². The normalized spacial score (nSPS) is 12.2. The molecule has 2 aromatic rings. The van der Waals surface area contributed by atoms with Crippen molar-refractivity contribution in [2.24, 2.45) is 0 Å². The topological polar surface area (TPSA) is 61.4 Å². The van der Waals surface area contributed by atoms with Crippen LogP contribution in [0.1, 0.15) is 25.5 Å². The molecule has 7 heteroatoms. The van der Waals surface area contributed by atoms with E-state index in [0.29, 0.717) is 11.4 Å². The van der Waals surface area contributed by atoms with E-state index < -0.39 is 0 Å². The second-order valence-electron chi connectivity index (χ2n) is 5.39. The van der Waals surface area contributed by atoms with Crippen molar-refractivity contribution in [1.29, 1.82) is 0 Å². The van der Waals surface area contributed by atoms with Crippen LogP contribution in [-0.4, -0.2) is 43.9 Å². The minimum Gasteiger partial charge on any atom is -0.353 e. The van der Waals surface area contributed by atoms with Gasteiger partial charge >= 0.3 is 0 Å². The van der Waals surface area contributed by atoms with Gasteiger partial charge in [-0.1, -0.05) is 6.07 Å². The van der Waals surface area contributed by atoms with Crippen molar-refractivity contribution in [2.75, 3.05) is 27.2 Å². The molecule has 0 spiro atoms. The molecular formula is C16H21N3O2S2. The fraction of sp³-hybridized carbons (Fsp3) is 0.375.